The van der Waals surface area contributed by atoms with Crippen LogP contribution in [0.15, 0.2) is 47.6 Å². The summed E-state index contributed by atoms with van der Waals surface area (Å²) in [6.07, 6.45) is 1.32. The van der Waals surface area contributed by atoms with Crippen LogP contribution >= 0.6 is 11.8 Å². The van der Waals surface area contributed by atoms with E-state index >= 15 is 0 Å². The molecule has 0 saturated heterocycles. The highest BCUT2D eigenvalue weighted by molar-refractivity contribution is 7.99. The van der Waals surface area contributed by atoms with Crippen LogP contribution in [0.2, 0.25) is 0 Å². The Bertz CT molecular complexity index is 622. The maximum atomic E-state index is 13.0. The average Bonchev–Trinajstić information content (AvgIpc) is 2.38. The number of nitrogens with zero attached hydrogens (tertiary/aromatic N) is 1. The first-order chi connectivity index (χ1) is 9.56. The second-order valence-electron chi connectivity index (χ2n) is 3.70. The number of carbonyl (C=O) groups is 1. The van der Waals surface area contributed by atoms with E-state index in [0.29, 0.717) is 0 Å². The molecule has 0 radical (unpaired) electrons. The van der Waals surface area contributed by atoms with Crippen molar-refractivity contribution in [3.8, 4) is 0 Å². The van der Waals surface area contributed by atoms with Crippen molar-refractivity contribution in [2.75, 3.05) is 5.32 Å². The van der Waals surface area contributed by atoms with Crippen LogP contribution in [0.5, 0.6) is 0 Å². The van der Waals surface area contributed by atoms with Gasteiger partial charge in [-0.25, -0.2) is 9.37 Å². The molecule has 1 aromatic carbocycles. The number of carbonyl (C=O) groups excluding carboxylic acids is 1. The number of halogens is 3. The van der Waals surface area contributed by atoms with E-state index in [2.05, 4.69) is 10.3 Å². The number of pyridine rings is 1. The van der Waals surface area contributed by atoms with E-state index in [4.69, 9.17) is 0 Å². The molecule has 0 atom stereocenters. The fraction of sp³-hybridized carbons (Fsp3) is 0.0769. The van der Waals surface area contributed by atoms with Gasteiger partial charge >= 0.3 is 0 Å². The van der Waals surface area contributed by atoms with Gasteiger partial charge in [0, 0.05) is 11.9 Å². The smallest absolute Gasteiger partial charge is 0.290 e. The largest absolute Gasteiger partial charge is 0.322 e. The Kier molecular flexibility index (Phi) is 4.62. The Morgan fingerprint density at radius 3 is 2.75 bits per heavy atom. The Balaban J connectivity index is 2.21. The minimum absolute atomic E-state index is 0.0158. The van der Waals surface area contributed by atoms with Crippen molar-refractivity contribution in [1.29, 1.82) is 0 Å². The van der Waals surface area contributed by atoms with E-state index in [1.165, 1.54) is 36.5 Å². The Hall–Kier alpha value is -2.02. The SMILES string of the molecule is O=C(Nc1cccc(F)c1)c1cccnc1SC(F)F. The second-order valence-corrected chi connectivity index (χ2v) is 4.68. The predicted molar refractivity (Wildman–Crippen MR) is 70.5 cm³/mol. The lowest BCUT2D eigenvalue weighted by atomic mass is 10.2. The van der Waals surface area contributed by atoms with Crippen LogP contribution in [-0.2, 0) is 0 Å². The predicted octanol–water partition coefficient (Wildman–Crippen LogP) is 3.79. The van der Waals surface area contributed by atoms with Crippen molar-refractivity contribution in [1.82, 2.24) is 4.98 Å². The summed E-state index contributed by atoms with van der Waals surface area (Å²) in [5.74, 6) is -3.80. The first-order valence-electron chi connectivity index (χ1n) is 5.53. The van der Waals surface area contributed by atoms with Crippen molar-refractivity contribution in [2.45, 2.75) is 10.8 Å². The molecule has 0 unspecified atom stereocenters. The maximum absolute atomic E-state index is 13.0. The van der Waals surface area contributed by atoms with Crippen LogP contribution < -0.4 is 5.32 Å². The molecule has 7 heteroatoms. The third-order valence-corrected chi connectivity index (χ3v) is 3.03. The molecule has 0 aliphatic carbocycles. The fourth-order valence-electron chi connectivity index (χ4n) is 1.51. The molecule has 20 heavy (non-hydrogen) atoms. The van der Waals surface area contributed by atoms with Crippen molar-refractivity contribution in [2.24, 2.45) is 0 Å². The van der Waals surface area contributed by atoms with Gasteiger partial charge in [-0.2, -0.15) is 8.78 Å². The highest BCUT2D eigenvalue weighted by Gasteiger charge is 2.16. The minimum atomic E-state index is -2.68. The van der Waals surface area contributed by atoms with Crippen LogP contribution in [0.4, 0.5) is 18.9 Å². The van der Waals surface area contributed by atoms with E-state index in [1.807, 2.05) is 0 Å². The van der Waals surface area contributed by atoms with Gasteiger partial charge in [0.2, 0.25) is 0 Å². The minimum Gasteiger partial charge on any atom is -0.322 e. The average molecular weight is 298 g/mol. The quantitative estimate of drug-likeness (QED) is 0.873. The lowest BCUT2D eigenvalue weighted by Crippen LogP contribution is -2.14. The number of alkyl halides is 2. The van der Waals surface area contributed by atoms with Crippen LogP contribution in [-0.4, -0.2) is 16.6 Å². The van der Waals surface area contributed by atoms with Crippen molar-refractivity contribution < 1.29 is 18.0 Å². The molecule has 0 aliphatic heterocycles. The summed E-state index contributed by atoms with van der Waals surface area (Å²) in [6.45, 7) is 0. The van der Waals surface area contributed by atoms with Crippen molar-refractivity contribution in [3.63, 3.8) is 0 Å². The lowest BCUT2D eigenvalue weighted by molar-refractivity contribution is 0.102. The van der Waals surface area contributed by atoms with Gasteiger partial charge in [0.25, 0.3) is 11.7 Å². The van der Waals surface area contributed by atoms with Gasteiger partial charge in [-0.05, 0) is 42.1 Å². The highest BCUT2D eigenvalue weighted by Crippen LogP contribution is 2.26. The summed E-state index contributed by atoms with van der Waals surface area (Å²) in [7, 11) is 0. The zero-order valence-electron chi connectivity index (χ0n) is 10.0. The monoisotopic (exact) mass is 298 g/mol. The zero-order valence-corrected chi connectivity index (χ0v) is 10.8. The lowest BCUT2D eigenvalue weighted by Gasteiger charge is -2.08. The number of hydrogen-bond donors (Lipinski definition) is 1. The van der Waals surface area contributed by atoms with Gasteiger partial charge in [0.1, 0.15) is 10.8 Å². The number of hydrogen-bond acceptors (Lipinski definition) is 3. The van der Waals surface area contributed by atoms with Crippen LogP contribution in [0.1, 0.15) is 10.4 Å². The molecule has 1 N–H and O–H groups in total. The van der Waals surface area contributed by atoms with E-state index in [-0.39, 0.29) is 28.0 Å². The molecule has 0 aliphatic rings. The number of amides is 1. The summed E-state index contributed by atoms with van der Waals surface area (Å²) in [5.41, 5.74) is 0.258. The van der Waals surface area contributed by atoms with Gasteiger partial charge in [0.15, 0.2) is 0 Å². The molecule has 2 aromatic rings. The molecule has 2 rings (SSSR count). The summed E-state index contributed by atoms with van der Waals surface area (Å²) in [4.78, 5) is 15.7. The first-order valence-corrected chi connectivity index (χ1v) is 6.41. The second kappa shape index (κ2) is 6.42. The molecule has 0 spiro atoms. The molecule has 1 aromatic heterocycles. The Morgan fingerprint density at radius 2 is 2.05 bits per heavy atom. The zero-order chi connectivity index (χ0) is 14.5. The van der Waals surface area contributed by atoms with E-state index in [1.54, 1.807) is 0 Å². The maximum Gasteiger partial charge on any atom is 0.290 e. The Morgan fingerprint density at radius 1 is 1.25 bits per heavy atom. The Labute approximate surface area is 117 Å². The van der Waals surface area contributed by atoms with Crippen molar-refractivity contribution >= 4 is 23.4 Å². The van der Waals surface area contributed by atoms with Crippen molar-refractivity contribution in [3.05, 3.63) is 54.0 Å². The summed E-state index contributed by atoms with van der Waals surface area (Å²) in [5, 5.41) is 2.36. The molecule has 1 amide bonds. The van der Waals surface area contributed by atoms with Gasteiger partial charge in [-0.1, -0.05) is 6.07 Å². The summed E-state index contributed by atoms with van der Waals surface area (Å²) in [6, 6.07) is 8.15. The molecule has 3 nitrogen and oxygen atoms in total. The van der Waals surface area contributed by atoms with Gasteiger partial charge in [0.05, 0.1) is 5.56 Å². The van der Waals surface area contributed by atoms with E-state index in [9.17, 15) is 18.0 Å². The van der Waals surface area contributed by atoms with Gasteiger partial charge in [-0.15, -0.1) is 0 Å². The van der Waals surface area contributed by atoms with Crippen LogP contribution in [0.3, 0.4) is 0 Å². The number of anilines is 1. The molecule has 0 saturated carbocycles. The number of aromatic nitrogens is 1. The molecule has 104 valence electrons. The number of benzene rings is 1. The van der Waals surface area contributed by atoms with Gasteiger partial charge in [-0.3, -0.25) is 4.79 Å². The molecular weight excluding hydrogens is 289 g/mol. The first kappa shape index (κ1) is 14.4. The summed E-state index contributed by atoms with van der Waals surface area (Å²) < 4.78 is 37.8. The third-order valence-electron chi connectivity index (χ3n) is 2.30. The standard InChI is InChI=1S/C13H9F3N2OS/c14-8-3-1-4-9(7-8)18-11(19)10-5-2-6-17-12(10)20-13(15)16/h1-7,13H,(H,18,19). The highest BCUT2D eigenvalue weighted by atomic mass is 32.2. The summed E-state index contributed by atoms with van der Waals surface area (Å²) >= 11 is 0.188. The molecule has 0 bridgehead atoms. The number of nitrogens with one attached hydrogen (secondary N) is 1. The topological polar surface area (TPSA) is 42.0 Å². The normalized spacial score (nSPS) is 10.6. The molecule has 0 fully saturated rings. The third kappa shape index (κ3) is 3.74. The number of rotatable bonds is 4. The molecular formula is C13H9F3N2OS. The van der Waals surface area contributed by atoms with Gasteiger partial charge < -0.3 is 5.32 Å². The van der Waals surface area contributed by atoms with E-state index < -0.39 is 17.5 Å². The fourth-order valence-corrected chi connectivity index (χ4v) is 2.08. The molecule has 1 heterocycles. The van der Waals surface area contributed by atoms with Crippen LogP contribution in [0.25, 0.3) is 0 Å². The number of thioether (sulfide) groups is 1. The van der Waals surface area contributed by atoms with Crippen LogP contribution in [0, 0.1) is 5.82 Å². The van der Waals surface area contributed by atoms with E-state index in [0.717, 1.165) is 6.07 Å².